The van der Waals surface area contributed by atoms with E-state index in [4.69, 9.17) is 4.98 Å². The van der Waals surface area contributed by atoms with Gasteiger partial charge in [0, 0.05) is 10.4 Å². The first kappa shape index (κ1) is 20.0. The summed E-state index contributed by atoms with van der Waals surface area (Å²) in [5, 5.41) is 4.10. The lowest BCUT2D eigenvalue weighted by Gasteiger charge is -2.19. The number of anilines is 1. The molecule has 4 aromatic rings. The molecule has 0 bridgehead atoms. The topological polar surface area (TPSA) is 57.8 Å². The van der Waals surface area contributed by atoms with E-state index in [0.29, 0.717) is 5.56 Å². The van der Waals surface area contributed by atoms with E-state index < -0.39 is 0 Å². The number of thiophene rings is 1. The average Bonchev–Trinajstić information content (AvgIpc) is 3.33. The fraction of sp³-hybridized carbons (Fsp3) is 0.308. The Morgan fingerprint density at radius 2 is 1.77 bits per heavy atom. The first-order valence-electron chi connectivity index (χ1n) is 10.9. The number of aromatic nitrogens is 2. The summed E-state index contributed by atoms with van der Waals surface area (Å²) < 4.78 is 0. The molecule has 1 aliphatic rings. The van der Waals surface area contributed by atoms with Crippen molar-refractivity contribution in [1.82, 2.24) is 9.97 Å². The fourth-order valence-electron chi connectivity index (χ4n) is 4.27. The van der Waals surface area contributed by atoms with Crippen molar-refractivity contribution in [1.29, 1.82) is 0 Å². The number of nitrogens with zero attached hydrogens (tertiary/aromatic N) is 1. The van der Waals surface area contributed by atoms with Crippen LogP contribution in [0.3, 0.4) is 0 Å². The van der Waals surface area contributed by atoms with E-state index >= 15 is 0 Å². The third-order valence-corrected chi connectivity index (χ3v) is 7.24. The van der Waals surface area contributed by atoms with Crippen LogP contribution in [0.25, 0.3) is 22.4 Å². The molecule has 0 unspecified atom stereocenters. The Hall–Kier alpha value is -2.92. The zero-order chi connectivity index (χ0) is 21.6. The molecule has 5 heteroatoms. The van der Waals surface area contributed by atoms with Crippen LogP contribution in [0.2, 0.25) is 0 Å². The molecule has 5 rings (SSSR count). The summed E-state index contributed by atoms with van der Waals surface area (Å²) in [4.78, 5) is 22.8. The number of amides is 1. The molecule has 0 fully saturated rings. The number of nitrogens with one attached hydrogen (secondary N) is 2. The average molecular weight is 430 g/mol. The zero-order valence-electron chi connectivity index (χ0n) is 18.2. The molecule has 2 N–H and O–H groups in total. The van der Waals surface area contributed by atoms with Gasteiger partial charge in [0.1, 0.15) is 10.8 Å². The molecule has 0 radical (unpaired) electrons. The molecule has 4 nitrogen and oxygen atoms in total. The van der Waals surface area contributed by atoms with Crippen molar-refractivity contribution in [3.8, 4) is 11.4 Å². The SMILES string of the molecule is CC(C)(C)c1ccc(C(=O)Nc2sc3c(c2-c2nc4ccccc4[nH]2)CCCC3)cc1. The Bertz CT molecular complexity index is 1230. The molecular formula is C26H27N3OS. The lowest BCUT2D eigenvalue weighted by atomic mass is 9.87. The van der Waals surface area contributed by atoms with Gasteiger partial charge >= 0.3 is 0 Å². The third-order valence-electron chi connectivity index (χ3n) is 6.04. The van der Waals surface area contributed by atoms with E-state index in [1.807, 2.05) is 36.4 Å². The maximum absolute atomic E-state index is 13.1. The number of benzene rings is 2. The van der Waals surface area contributed by atoms with E-state index in [2.05, 4.69) is 43.2 Å². The van der Waals surface area contributed by atoms with Crippen molar-refractivity contribution in [3.05, 3.63) is 70.1 Å². The summed E-state index contributed by atoms with van der Waals surface area (Å²) in [5.74, 6) is 0.774. The van der Waals surface area contributed by atoms with Gasteiger partial charge in [-0.25, -0.2) is 4.98 Å². The normalized spacial score (nSPS) is 13.9. The maximum Gasteiger partial charge on any atom is 0.256 e. The molecule has 158 valence electrons. The molecule has 2 aromatic carbocycles. The second-order valence-electron chi connectivity index (χ2n) is 9.30. The van der Waals surface area contributed by atoms with Gasteiger partial charge in [0.15, 0.2) is 0 Å². The smallest absolute Gasteiger partial charge is 0.256 e. The quantitative estimate of drug-likeness (QED) is 0.380. The first-order chi connectivity index (χ1) is 14.9. The molecule has 1 aliphatic carbocycles. The van der Waals surface area contributed by atoms with Crippen molar-refractivity contribution in [2.75, 3.05) is 5.32 Å². The minimum absolute atomic E-state index is 0.0657. The number of hydrogen-bond acceptors (Lipinski definition) is 3. The van der Waals surface area contributed by atoms with Gasteiger partial charge in [-0.15, -0.1) is 11.3 Å². The minimum atomic E-state index is -0.0728. The number of carbonyl (C=O) groups is 1. The molecular weight excluding hydrogens is 402 g/mol. The van der Waals surface area contributed by atoms with E-state index in [-0.39, 0.29) is 11.3 Å². The molecule has 1 amide bonds. The van der Waals surface area contributed by atoms with Crippen molar-refractivity contribution >= 4 is 33.3 Å². The van der Waals surface area contributed by atoms with Crippen LogP contribution in [0.15, 0.2) is 48.5 Å². The zero-order valence-corrected chi connectivity index (χ0v) is 19.0. The Morgan fingerprint density at radius 1 is 1.03 bits per heavy atom. The lowest BCUT2D eigenvalue weighted by Crippen LogP contribution is -2.14. The highest BCUT2D eigenvalue weighted by Gasteiger charge is 2.25. The first-order valence-corrected chi connectivity index (χ1v) is 11.7. The molecule has 2 heterocycles. The summed E-state index contributed by atoms with van der Waals surface area (Å²) in [5.41, 5.74) is 6.33. The van der Waals surface area contributed by atoms with Crippen LogP contribution >= 0.6 is 11.3 Å². The second-order valence-corrected chi connectivity index (χ2v) is 10.4. The van der Waals surface area contributed by atoms with Crippen molar-refractivity contribution in [2.24, 2.45) is 0 Å². The highest BCUT2D eigenvalue weighted by Crippen LogP contribution is 2.43. The van der Waals surface area contributed by atoms with Gasteiger partial charge in [0.05, 0.1) is 16.6 Å². The lowest BCUT2D eigenvalue weighted by molar-refractivity contribution is 0.102. The van der Waals surface area contributed by atoms with Crippen LogP contribution in [0.5, 0.6) is 0 Å². The number of aryl methyl sites for hydroxylation is 1. The molecule has 0 spiro atoms. The molecule has 0 aliphatic heterocycles. The van der Waals surface area contributed by atoms with Gasteiger partial charge in [-0.3, -0.25) is 4.79 Å². The van der Waals surface area contributed by atoms with Gasteiger partial charge in [0.2, 0.25) is 0 Å². The van der Waals surface area contributed by atoms with Gasteiger partial charge < -0.3 is 10.3 Å². The fourth-order valence-corrected chi connectivity index (χ4v) is 5.56. The summed E-state index contributed by atoms with van der Waals surface area (Å²) in [6.07, 6.45) is 4.49. The minimum Gasteiger partial charge on any atom is -0.338 e. The predicted molar refractivity (Wildman–Crippen MR) is 129 cm³/mol. The van der Waals surface area contributed by atoms with Crippen LogP contribution in [-0.4, -0.2) is 15.9 Å². The molecule has 0 saturated heterocycles. The van der Waals surface area contributed by atoms with Crippen LogP contribution in [-0.2, 0) is 18.3 Å². The number of para-hydroxylation sites is 2. The van der Waals surface area contributed by atoms with E-state index in [1.165, 1.54) is 28.8 Å². The summed E-state index contributed by atoms with van der Waals surface area (Å²) >= 11 is 1.71. The van der Waals surface area contributed by atoms with Crippen LogP contribution in [0, 0.1) is 0 Å². The van der Waals surface area contributed by atoms with Crippen molar-refractivity contribution in [3.63, 3.8) is 0 Å². The number of carbonyl (C=O) groups excluding carboxylic acids is 1. The van der Waals surface area contributed by atoms with Gasteiger partial charge in [-0.1, -0.05) is 45.0 Å². The Kier molecular flexibility index (Phi) is 4.94. The van der Waals surface area contributed by atoms with Gasteiger partial charge in [0.25, 0.3) is 5.91 Å². The summed E-state index contributed by atoms with van der Waals surface area (Å²) in [6, 6.07) is 16.0. The number of fused-ring (bicyclic) bond motifs is 2. The number of hydrogen-bond donors (Lipinski definition) is 2. The number of H-pyrrole nitrogens is 1. The summed E-state index contributed by atoms with van der Waals surface area (Å²) in [7, 11) is 0. The van der Waals surface area contributed by atoms with Crippen LogP contribution in [0.1, 0.15) is 60.0 Å². The van der Waals surface area contributed by atoms with Gasteiger partial charge in [-0.05, 0) is 66.5 Å². The largest absolute Gasteiger partial charge is 0.338 e. The van der Waals surface area contributed by atoms with Crippen molar-refractivity contribution in [2.45, 2.75) is 51.9 Å². The Balaban J connectivity index is 1.52. The van der Waals surface area contributed by atoms with E-state index in [1.54, 1.807) is 11.3 Å². The summed E-state index contributed by atoms with van der Waals surface area (Å²) in [6.45, 7) is 6.54. The number of aromatic amines is 1. The molecule has 31 heavy (non-hydrogen) atoms. The highest BCUT2D eigenvalue weighted by atomic mass is 32.1. The highest BCUT2D eigenvalue weighted by molar-refractivity contribution is 7.17. The predicted octanol–water partition coefficient (Wildman–Crippen LogP) is 6.72. The van der Waals surface area contributed by atoms with E-state index in [0.717, 1.165) is 40.3 Å². The van der Waals surface area contributed by atoms with Gasteiger partial charge in [-0.2, -0.15) is 0 Å². The van der Waals surface area contributed by atoms with Crippen LogP contribution < -0.4 is 5.32 Å². The standard InChI is InChI=1S/C26H27N3OS/c1-26(2,3)17-14-12-16(13-15-17)24(30)29-25-22(18-8-4-7-11-21(18)31-25)23-27-19-9-5-6-10-20(19)28-23/h5-6,9-10,12-15H,4,7-8,11H2,1-3H3,(H,27,28)(H,29,30). The van der Waals surface area contributed by atoms with Crippen LogP contribution in [0.4, 0.5) is 5.00 Å². The van der Waals surface area contributed by atoms with Crippen molar-refractivity contribution < 1.29 is 4.79 Å². The Morgan fingerprint density at radius 3 is 2.52 bits per heavy atom. The molecule has 0 saturated carbocycles. The Labute approximate surface area is 186 Å². The maximum atomic E-state index is 13.1. The van der Waals surface area contributed by atoms with E-state index in [9.17, 15) is 4.79 Å². The monoisotopic (exact) mass is 429 g/mol. The molecule has 0 atom stereocenters. The number of imidazole rings is 1. The third kappa shape index (κ3) is 3.79. The number of rotatable bonds is 3. The molecule has 2 aromatic heterocycles. The second kappa shape index (κ2) is 7.65.